The monoisotopic (exact) mass is 242 g/mol. The molecule has 3 rings (SSSR count). The van der Waals surface area contributed by atoms with Gasteiger partial charge in [0.15, 0.2) is 0 Å². The van der Waals surface area contributed by atoms with Crippen LogP contribution in [-0.2, 0) is 6.54 Å². The van der Waals surface area contributed by atoms with Crippen molar-refractivity contribution in [1.29, 1.82) is 0 Å². The quantitative estimate of drug-likeness (QED) is 0.783. The highest BCUT2D eigenvalue weighted by atomic mass is 15.2. The van der Waals surface area contributed by atoms with Crippen molar-refractivity contribution in [1.82, 2.24) is 9.47 Å². The first-order valence-electron chi connectivity index (χ1n) is 7.00. The fourth-order valence-electron chi connectivity index (χ4n) is 3.08. The minimum atomic E-state index is 0.704. The lowest BCUT2D eigenvalue weighted by atomic mass is 10.0. The average Bonchev–Trinajstić information content (AvgIpc) is 2.74. The lowest BCUT2D eigenvalue weighted by Gasteiger charge is -2.32. The van der Waals surface area contributed by atoms with Crippen molar-refractivity contribution >= 4 is 10.9 Å². The number of likely N-dealkylation sites (tertiary alicyclic amines) is 1. The maximum Gasteiger partial charge on any atom is 0.0480 e. The third kappa shape index (κ3) is 2.17. The molecule has 2 nitrogen and oxygen atoms in total. The second-order valence-electron chi connectivity index (χ2n) is 5.66. The second kappa shape index (κ2) is 4.77. The lowest BCUT2D eigenvalue weighted by molar-refractivity contribution is 0.169. The van der Waals surface area contributed by atoms with Crippen molar-refractivity contribution in [3.05, 3.63) is 36.0 Å². The maximum absolute atomic E-state index is 2.52. The third-order valence-electron chi connectivity index (χ3n) is 4.26. The van der Waals surface area contributed by atoms with Gasteiger partial charge in [0.05, 0.1) is 0 Å². The first-order chi connectivity index (χ1) is 8.74. The van der Waals surface area contributed by atoms with Gasteiger partial charge in [0.25, 0.3) is 0 Å². The molecule has 1 aliphatic heterocycles. The SMILES string of the molecule is Cc1ccc2c(ccn2C[C@H]2CCCCN2C)c1. The van der Waals surface area contributed by atoms with Gasteiger partial charge < -0.3 is 9.47 Å². The number of likely N-dealkylation sites (N-methyl/N-ethyl adjacent to an activating group) is 1. The highest BCUT2D eigenvalue weighted by Gasteiger charge is 2.19. The van der Waals surface area contributed by atoms with Crippen LogP contribution in [0.5, 0.6) is 0 Å². The van der Waals surface area contributed by atoms with Gasteiger partial charge in [-0.1, -0.05) is 18.1 Å². The molecule has 0 spiro atoms. The van der Waals surface area contributed by atoms with E-state index in [9.17, 15) is 0 Å². The van der Waals surface area contributed by atoms with E-state index in [1.807, 2.05) is 0 Å². The minimum absolute atomic E-state index is 0.704. The molecule has 1 aromatic carbocycles. The number of benzene rings is 1. The fraction of sp³-hybridized carbons (Fsp3) is 0.500. The molecular weight excluding hydrogens is 220 g/mol. The number of piperidine rings is 1. The van der Waals surface area contributed by atoms with E-state index in [1.165, 1.54) is 42.3 Å². The number of hydrogen-bond acceptors (Lipinski definition) is 1. The van der Waals surface area contributed by atoms with Crippen molar-refractivity contribution in [2.24, 2.45) is 0 Å². The van der Waals surface area contributed by atoms with Crippen LogP contribution in [0.3, 0.4) is 0 Å². The second-order valence-corrected chi connectivity index (χ2v) is 5.66. The van der Waals surface area contributed by atoms with Crippen LogP contribution in [-0.4, -0.2) is 29.1 Å². The van der Waals surface area contributed by atoms with E-state index in [0.717, 1.165) is 6.54 Å². The van der Waals surface area contributed by atoms with Gasteiger partial charge in [-0.3, -0.25) is 0 Å². The number of rotatable bonds is 2. The summed E-state index contributed by atoms with van der Waals surface area (Å²) in [5, 5.41) is 1.37. The van der Waals surface area contributed by atoms with Gasteiger partial charge in [-0.15, -0.1) is 0 Å². The molecule has 18 heavy (non-hydrogen) atoms. The number of aryl methyl sites for hydroxylation is 1. The number of fused-ring (bicyclic) bond motifs is 1. The molecule has 0 radical (unpaired) electrons. The molecule has 2 aromatic rings. The van der Waals surface area contributed by atoms with Gasteiger partial charge in [-0.2, -0.15) is 0 Å². The Balaban J connectivity index is 1.86. The summed E-state index contributed by atoms with van der Waals surface area (Å²) >= 11 is 0. The average molecular weight is 242 g/mol. The Morgan fingerprint density at radius 2 is 2.11 bits per heavy atom. The first kappa shape index (κ1) is 11.8. The summed E-state index contributed by atoms with van der Waals surface area (Å²) in [6.07, 6.45) is 6.32. The summed E-state index contributed by atoms with van der Waals surface area (Å²) in [5.41, 5.74) is 2.72. The Morgan fingerprint density at radius 1 is 1.22 bits per heavy atom. The number of nitrogens with zero attached hydrogens (tertiary/aromatic N) is 2. The molecule has 0 saturated carbocycles. The Hall–Kier alpha value is -1.28. The molecule has 0 amide bonds. The topological polar surface area (TPSA) is 8.17 Å². The van der Waals surface area contributed by atoms with Gasteiger partial charge in [0.2, 0.25) is 0 Å². The third-order valence-corrected chi connectivity index (χ3v) is 4.26. The van der Waals surface area contributed by atoms with Crippen LogP contribution in [0.4, 0.5) is 0 Å². The van der Waals surface area contributed by atoms with E-state index in [-0.39, 0.29) is 0 Å². The Kier molecular flexibility index (Phi) is 3.13. The van der Waals surface area contributed by atoms with Gasteiger partial charge in [0.1, 0.15) is 0 Å². The molecule has 96 valence electrons. The highest BCUT2D eigenvalue weighted by Crippen LogP contribution is 2.21. The molecule has 1 aromatic heterocycles. The molecule has 2 heterocycles. The van der Waals surface area contributed by atoms with Crippen molar-refractivity contribution in [3.63, 3.8) is 0 Å². The van der Waals surface area contributed by atoms with E-state index in [0.29, 0.717) is 6.04 Å². The molecule has 1 atom stereocenters. The van der Waals surface area contributed by atoms with E-state index in [1.54, 1.807) is 0 Å². The minimum Gasteiger partial charge on any atom is -0.346 e. The van der Waals surface area contributed by atoms with Gasteiger partial charge in [0, 0.05) is 24.3 Å². The molecule has 0 N–H and O–H groups in total. The molecule has 2 heteroatoms. The Labute approximate surface area is 109 Å². The molecule has 0 aliphatic carbocycles. The smallest absolute Gasteiger partial charge is 0.0480 e. The van der Waals surface area contributed by atoms with Crippen LogP contribution >= 0.6 is 0 Å². The van der Waals surface area contributed by atoms with Crippen molar-refractivity contribution in [3.8, 4) is 0 Å². The van der Waals surface area contributed by atoms with E-state index >= 15 is 0 Å². The summed E-state index contributed by atoms with van der Waals surface area (Å²) < 4.78 is 2.42. The molecular formula is C16H22N2. The van der Waals surface area contributed by atoms with Gasteiger partial charge in [-0.05, 0) is 56.9 Å². The maximum atomic E-state index is 2.52. The normalized spacial score (nSPS) is 21.6. The van der Waals surface area contributed by atoms with Gasteiger partial charge >= 0.3 is 0 Å². The predicted octanol–water partition coefficient (Wildman–Crippen LogP) is 3.43. The largest absolute Gasteiger partial charge is 0.346 e. The molecule has 1 aliphatic rings. The Morgan fingerprint density at radius 3 is 2.94 bits per heavy atom. The van der Waals surface area contributed by atoms with Crippen molar-refractivity contribution in [2.75, 3.05) is 13.6 Å². The van der Waals surface area contributed by atoms with Crippen LogP contribution in [0.25, 0.3) is 10.9 Å². The van der Waals surface area contributed by atoms with Crippen molar-refractivity contribution in [2.45, 2.75) is 38.8 Å². The zero-order valence-electron chi connectivity index (χ0n) is 11.4. The number of hydrogen-bond donors (Lipinski definition) is 0. The van der Waals surface area contributed by atoms with E-state index in [2.05, 4.69) is 53.9 Å². The Bertz CT molecular complexity index is 541. The van der Waals surface area contributed by atoms with Crippen LogP contribution in [0.15, 0.2) is 30.5 Å². The molecule has 1 saturated heterocycles. The van der Waals surface area contributed by atoms with E-state index in [4.69, 9.17) is 0 Å². The fourth-order valence-corrected chi connectivity index (χ4v) is 3.08. The summed E-state index contributed by atoms with van der Waals surface area (Å²) in [5.74, 6) is 0. The standard InChI is InChI=1S/C16H22N2/c1-13-6-7-16-14(11-13)8-10-18(16)12-15-5-3-4-9-17(15)2/h6-8,10-11,15H,3-5,9,12H2,1-2H3/t15-/m1/s1. The summed E-state index contributed by atoms with van der Waals surface area (Å²) in [6, 6.07) is 9.69. The zero-order chi connectivity index (χ0) is 12.5. The van der Waals surface area contributed by atoms with Crippen LogP contribution in [0.2, 0.25) is 0 Å². The molecule has 0 unspecified atom stereocenters. The van der Waals surface area contributed by atoms with Gasteiger partial charge in [-0.25, -0.2) is 0 Å². The number of aromatic nitrogens is 1. The molecule has 1 fully saturated rings. The van der Waals surface area contributed by atoms with Crippen LogP contribution in [0, 0.1) is 6.92 Å². The highest BCUT2D eigenvalue weighted by molar-refractivity contribution is 5.80. The lowest BCUT2D eigenvalue weighted by Crippen LogP contribution is -2.38. The van der Waals surface area contributed by atoms with E-state index < -0.39 is 0 Å². The molecule has 0 bridgehead atoms. The summed E-state index contributed by atoms with van der Waals surface area (Å²) in [4.78, 5) is 2.52. The first-order valence-corrected chi connectivity index (χ1v) is 7.00. The zero-order valence-corrected chi connectivity index (χ0v) is 11.4. The van der Waals surface area contributed by atoms with Crippen LogP contribution in [0.1, 0.15) is 24.8 Å². The predicted molar refractivity (Wildman–Crippen MR) is 76.9 cm³/mol. The summed E-state index contributed by atoms with van der Waals surface area (Å²) in [7, 11) is 2.26. The summed E-state index contributed by atoms with van der Waals surface area (Å²) in [6.45, 7) is 4.54. The van der Waals surface area contributed by atoms with Crippen LogP contribution < -0.4 is 0 Å². The van der Waals surface area contributed by atoms with Crippen molar-refractivity contribution < 1.29 is 0 Å².